The van der Waals surface area contributed by atoms with Gasteiger partial charge in [-0.3, -0.25) is 0 Å². The van der Waals surface area contributed by atoms with Gasteiger partial charge in [0.05, 0.1) is 6.61 Å². The molecular weight excluding hydrogens is 582 g/mol. The van der Waals surface area contributed by atoms with Crippen LogP contribution in [0.15, 0.2) is 54.6 Å². The average Bonchev–Trinajstić information content (AvgIpc) is 2.75. The molecule has 3 heteroatoms. The van der Waals surface area contributed by atoms with E-state index in [1.807, 2.05) is 0 Å². The minimum absolute atomic E-state index is 0.0836. The van der Waals surface area contributed by atoms with Gasteiger partial charge in [-0.15, -0.1) is 0 Å². The summed E-state index contributed by atoms with van der Waals surface area (Å²) in [5, 5.41) is 0. The van der Waals surface area contributed by atoms with E-state index in [1.165, 1.54) is 77.8 Å². The third-order valence-electron chi connectivity index (χ3n) is 5.07. The van der Waals surface area contributed by atoms with Crippen LogP contribution in [0, 0.1) is 7.14 Å². The topological polar surface area (TPSA) is 9.23 Å². The van der Waals surface area contributed by atoms with E-state index in [0.717, 1.165) is 12.4 Å². The maximum atomic E-state index is 6.02. The number of hydrogen-bond donors (Lipinski definition) is 0. The summed E-state index contributed by atoms with van der Waals surface area (Å²) in [6, 6.07) is 19.5. The molecule has 0 amide bonds. The number of rotatable bonds is 16. The molecule has 1 nitrogen and oxygen atoms in total. The van der Waals surface area contributed by atoms with Crippen LogP contribution in [-0.2, 0) is 0 Å². The van der Waals surface area contributed by atoms with Gasteiger partial charge in [0.25, 0.3) is 0 Å². The first-order chi connectivity index (χ1) is 14.3. The molecule has 0 fully saturated rings. The van der Waals surface area contributed by atoms with E-state index in [-0.39, 0.29) is 21.2 Å². The maximum absolute atomic E-state index is 6.02. The van der Waals surface area contributed by atoms with Gasteiger partial charge in [-0.1, -0.05) is 112 Å². The van der Waals surface area contributed by atoms with Crippen molar-refractivity contribution in [3.05, 3.63) is 61.7 Å². The fraction of sp³-hybridized carbons (Fsp3) is 0.538. The lowest BCUT2D eigenvalue weighted by Gasteiger charge is -2.11. The van der Waals surface area contributed by atoms with Gasteiger partial charge in [-0.05, 0) is 42.8 Å². The predicted molar refractivity (Wildman–Crippen MR) is 130 cm³/mol. The summed E-state index contributed by atoms with van der Waals surface area (Å²) in [5.74, 6) is 1.01. The molecule has 0 aliphatic rings. The van der Waals surface area contributed by atoms with Crippen LogP contribution in [0.2, 0.25) is 0 Å². The van der Waals surface area contributed by atoms with Crippen molar-refractivity contribution in [3.8, 4) is 5.75 Å². The number of ether oxygens (including phenoxy) is 1. The molecule has 2 rings (SSSR count). The minimum atomic E-state index is -0.0836. The number of hydrogen-bond acceptors (Lipinski definition) is 1. The number of alkyl halides is 1. The quantitative estimate of drug-likeness (QED) is 0.141. The van der Waals surface area contributed by atoms with E-state index in [0.29, 0.717) is 3.92 Å². The van der Waals surface area contributed by atoms with Crippen LogP contribution in [0.1, 0.15) is 77.6 Å². The second kappa shape index (κ2) is 16.4. The highest BCUT2D eigenvalue weighted by atomic mass is 127. The summed E-state index contributed by atoms with van der Waals surface area (Å²) in [6.07, 6.45) is 15.3. The standard InChI is InChI=1S/C26H37I2O/c1-2-3-4-5-6-7-8-9-10-12-15-23(27)22-29-26-20-18-25(19-21-26)28-24-16-13-11-14-17-24/h11,13-14,16-21,23H,2-10,12,15,22H2,1H3/q+1. The van der Waals surface area contributed by atoms with E-state index in [4.69, 9.17) is 4.74 Å². The zero-order valence-corrected chi connectivity index (χ0v) is 22.2. The summed E-state index contributed by atoms with van der Waals surface area (Å²) in [6.45, 7) is 3.11. The van der Waals surface area contributed by atoms with Crippen LogP contribution >= 0.6 is 22.6 Å². The van der Waals surface area contributed by atoms with Crippen LogP contribution in [0.5, 0.6) is 5.75 Å². The van der Waals surface area contributed by atoms with Crippen molar-refractivity contribution in [1.29, 1.82) is 0 Å². The Hall–Kier alpha value is -0.300. The Morgan fingerprint density at radius 3 is 1.90 bits per heavy atom. The summed E-state index contributed by atoms with van der Waals surface area (Å²) in [5.41, 5.74) is 0. The summed E-state index contributed by atoms with van der Waals surface area (Å²) in [4.78, 5) is 0. The molecule has 2 aromatic rings. The van der Waals surface area contributed by atoms with E-state index < -0.39 is 0 Å². The van der Waals surface area contributed by atoms with E-state index in [2.05, 4.69) is 84.1 Å². The lowest BCUT2D eigenvalue weighted by Crippen LogP contribution is -3.61. The van der Waals surface area contributed by atoms with Gasteiger partial charge in [0.15, 0.2) is 7.14 Å². The maximum Gasteiger partial charge on any atom is 0.357 e. The number of halogens is 2. The first-order valence-corrected chi connectivity index (χ1v) is 14.7. The van der Waals surface area contributed by atoms with Gasteiger partial charge >= 0.3 is 21.2 Å². The Morgan fingerprint density at radius 1 is 0.724 bits per heavy atom. The van der Waals surface area contributed by atoms with Crippen molar-refractivity contribution >= 4 is 22.6 Å². The minimum Gasteiger partial charge on any atom is -0.493 e. The smallest absolute Gasteiger partial charge is 0.357 e. The molecule has 0 bridgehead atoms. The highest BCUT2D eigenvalue weighted by Crippen LogP contribution is 2.17. The second-order valence-corrected chi connectivity index (χ2v) is 12.5. The van der Waals surface area contributed by atoms with Crippen molar-refractivity contribution < 1.29 is 25.9 Å². The van der Waals surface area contributed by atoms with Crippen LogP contribution in [0.4, 0.5) is 0 Å². The van der Waals surface area contributed by atoms with Crippen molar-refractivity contribution in [2.75, 3.05) is 6.61 Å². The zero-order chi connectivity index (χ0) is 20.6. The lowest BCUT2D eigenvalue weighted by molar-refractivity contribution is -0.597. The van der Waals surface area contributed by atoms with Crippen molar-refractivity contribution in [2.24, 2.45) is 0 Å². The van der Waals surface area contributed by atoms with E-state index in [9.17, 15) is 0 Å². The fourth-order valence-electron chi connectivity index (χ4n) is 3.32. The van der Waals surface area contributed by atoms with E-state index >= 15 is 0 Å². The molecule has 0 spiro atoms. The van der Waals surface area contributed by atoms with Crippen LogP contribution in [0.3, 0.4) is 0 Å². The van der Waals surface area contributed by atoms with Crippen LogP contribution < -0.4 is 25.9 Å². The molecule has 0 aromatic heterocycles. The molecule has 1 unspecified atom stereocenters. The van der Waals surface area contributed by atoms with Crippen molar-refractivity contribution in [2.45, 2.75) is 81.5 Å². The van der Waals surface area contributed by atoms with E-state index in [1.54, 1.807) is 0 Å². The van der Waals surface area contributed by atoms with Crippen molar-refractivity contribution in [3.63, 3.8) is 0 Å². The monoisotopic (exact) mass is 619 g/mol. The molecular formula is C26H37I2O+. The summed E-state index contributed by atoms with van der Waals surface area (Å²) in [7, 11) is 0. The first-order valence-electron chi connectivity index (χ1n) is 11.3. The summed E-state index contributed by atoms with van der Waals surface area (Å²) < 4.78 is 9.53. The molecule has 29 heavy (non-hydrogen) atoms. The Kier molecular flexibility index (Phi) is 14.1. The van der Waals surface area contributed by atoms with Crippen LogP contribution in [0.25, 0.3) is 0 Å². The third-order valence-corrected chi connectivity index (χ3v) is 8.73. The lowest BCUT2D eigenvalue weighted by atomic mass is 10.1. The summed E-state index contributed by atoms with van der Waals surface area (Å²) >= 11 is 2.47. The van der Waals surface area contributed by atoms with Gasteiger partial charge in [0, 0.05) is 3.92 Å². The SMILES string of the molecule is CCCCCCCCCCCCC(I)COc1ccc([I+]c2ccccc2)cc1. The van der Waals surface area contributed by atoms with Gasteiger partial charge in [0.2, 0.25) is 0 Å². The third kappa shape index (κ3) is 12.2. The molecule has 0 saturated carbocycles. The van der Waals surface area contributed by atoms with Gasteiger partial charge in [-0.2, -0.15) is 0 Å². The highest BCUT2D eigenvalue weighted by Gasteiger charge is 2.14. The molecule has 1 atom stereocenters. The first kappa shape index (κ1) is 25.0. The van der Waals surface area contributed by atoms with Gasteiger partial charge < -0.3 is 4.74 Å². The molecule has 2 aromatic carbocycles. The van der Waals surface area contributed by atoms with Crippen molar-refractivity contribution in [1.82, 2.24) is 0 Å². The Bertz CT molecular complexity index is 627. The largest absolute Gasteiger partial charge is 0.493 e. The molecule has 0 heterocycles. The van der Waals surface area contributed by atoms with Gasteiger partial charge in [0.1, 0.15) is 5.75 Å². The van der Waals surface area contributed by atoms with Gasteiger partial charge in [-0.25, -0.2) is 0 Å². The molecule has 0 radical (unpaired) electrons. The highest BCUT2D eigenvalue weighted by molar-refractivity contribution is 14.1. The normalized spacial score (nSPS) is 12.1. The predicted octanol–water partition coefficient (Wildman–Crippen LogP) is 5.31. The fourth-order valence-corrected chi connectivity index (χ4v) is 6.15. The average molecular weight is 619 g/mol. The molecule has 0 N–H and O–H groups in total. The Balaban J connectivity index is 1.50. The number of unbranched alkanes of at least 4 members (excludes halogenated alkanes) is 9. The Labute approximate surface area is 202 Å². The Morgan fingerprint density at radius 2 is 1.28 bits per heavy atom. The molecule has 0 aliphatic heterocycles. The molecule has 160 valence electrons. The molecule has 0 saturated heterocycles. The number of benzene rings is 2. The van der Waals surface area contributed by atoms with Crippen LogP contribution in [-0.4, -0.2) is 10.5 Å². The molecule has 0 aliphatic carbocycles. The zero-order valence-electron chi connectivity index (χ0n) is 17.9. The second-order valence-electron chi connectivity index (χ2n) is 7.72.